The van der Waals surface area contributed by atoms with E-state index >= 15 is 0 Å². The predicted octanol–water partition coefficient (Wildman–Crippen LogP) is 1.58. The first-order valence-electron chi connectivity index (χ1n) is 5.31. The van der Waals surface area contributed by atoms with Crippen molar-refractivity contribution in [2.45, 2.75) is 45.1 Å². The molecule has 3 nitrogen and oxygen atoms in total. The second-order valence-electron chi connectivity index (χ2n) is 3.90. The first-order valence-corrected chi connectivity index (χ1v) is 5.31. The zero-order valence-corrected chi connectivity index (χ0v) is 8.55. The van der Waals surface area contributed by atoms with Crippen LogP contribution in [-0.2, 0) is 0 Å². The lowest BCUT2D eigenvalue weighted by molar-refractivity contribution is 0.266. The third kappa shape index (κ3) is 4.27. The molecule has 0 aliphatic heterocycles. The van der Waals surface area contributed by atoms with Gasteiger partial charge in [-0.05, 0) is 25.8 Å². The Hall–Kier alpha value is -0.570. The molecule has 3 N–H and O–H groups in total. The molecule has 0 aromatic heterocycles. The van der Waals surface area contributed by atoms with Crippen LogP contribution in [0.3, 0.4) is 0 Å². The minimum absolute atomic E-state index is 0.321. The maximum atomic E-state index is 7.18. The fourth-order valence-corrected chi connectivity index (χ4v) is 1.54. The highest BCUT2D eigenvalue weighted by Gasteiger charge is 2.27. The van der Waals surface area contributed by atoms with Crippen LogP contribution in [0.1, 0.15) is 39.0 Å². The molecule has 0 amide bonds. The van der Waals surface area contributed by atoms with Gasteiger partial charge in [0.25, 0.3) is 0 Å². The van der Waals surface area contributed by atoms with E-state index in [2.05, 4.69) is 11.8 Å². The second-order valence-corrected chi connectivity index (χ2v) is 3.90. The normalized spacial score (nSPS) is 16.5. The Morgan fingerprint density at radius 3 is 2.62 bits per heavy atom. The molecule has 1 aliphatic rings. The summed E-state index contributed by atoms with van der Waals surface area (Å²) in [7, 11) is 0. The molecule has 0 radical (unpaired) electrons. The Labute approximate surface area is 80.8 Å². The number of hydrogen-bond acceptors (Lipinski definition) is 2. The van der Waals surface area contributed by atoms with Gasteiger partial charge in [0.2, 0.25) is 0 Å². The van der Waals surface area contributed by atoms with E-state index in [4.69, 9.17) is 11.1 Å². The van der Waals surface area contributed by atoms with Gasteiger partial charge < -0.3 is 5.73 Å². The van der Waals surface area contributed by atoms with Gasteiger partial charge in [0.15, 0.2) is 0 Å². The molecule has 13 heavy (non-hydrogen) atoms. The molecule has 1 saturated carbocycles. The molecule has 0 bridgehead atoms. The minimum Gasteiger partial charge on any atom is -0.388 e. The third-order valence-corrected chi connectivity index (χ3v) is 2.53. The first kappa shape index (κ1) is 10.5. The van der Waals surface area contributed by atoms with Gasteiger partial charge in [-0.25, -0.2) is 0 Å². The summed E-state index contributed by atoms with van der Waals surface area (Å²) in [6.45, 7) is 4.39. The maximum Gasteiger partial charge on any atom is 0.0918 e. The second kappa shape index (κ2) is 5.22. The Kier molecular flexibility index (Phi) is 4.22. The van der Waals surface area contributed by atoms with Crippen LogP contribution in [0.4, 0.5) is 0 Å². The fraction of sp³-hybridized carbons (Fsp3) is 0.900. The molecule has 1 aliphatic carbocycles. The van der Waals surface area contributed by atoms with E-state index < -0.39 is 0 Å². The quantitative estimate of drug-likeness (QED) is 0.465. The Morgan fingerprint density at radius 2 is 2.15 bits per heavy atom. The summed E-state index contributed by atoms with van der Waals surface area (Å²) in [6.07, 6.45) is 5.96. The van der Waals surface area contributed by atoms with Gasteiger partial charge in [-0.2, -0.15) is 0 Å². The highest BCUT2D eigenvalue weighted by molar-refractivity contribution is 5.76. The molecule has 1 fully saturated rings. The molecule has 0 heterocycles. The van der Waals surface area contributed by atoms with Crippen molar-refractivity contribution in [1.29, 1.82) is 5.41 Å². The molecule has 0 aromatic rings. The van der Waals surface area contributed by atoms with Crippen LogP contribution in [0.25, 0.3) is 0 Å². The fourth-order valence-electron chi connectivity index (χ4n) is 1.54. The summed E-state index contributed by atoms with van der Waals surface area (Å²) in [4.78, 5) is 2.49. The highest BCUT2D eigenvalue weighted by atomic mass is 15.2. The lowest BCUT2D eigenvalue weighted by Crippen LogP contribution is -2.30. The van der Waals surface area contributed by atoms with Gasteiger partial charge in [0, 0.05) is 19.0 Å². The summed E-state index contributed by atoms with van der Waals surface area (Å²) in [5.41, 5.74) is 5.35. The number of nitrogens with two attached hydrogens (primary N) is 1. The first-order chi connectivity index (χ1) is 6.24. The highest BCUT2D eigenvalue weighted by Crippen LogP contribution is 2.26. The van der Waals surface area contributed by atoms with E-state index in [9.17, 15) is 0 Å². The summed E-state index contributed by atoms with van der Waals surface area (Å²) < 4.78 is 0. The molecule has 76 valence electrons. The standard InChI is InChI=1S/C10H21N3/c1-2-3-7-13(9-4-5-9)8-6-10(11)12/h9H,2-8H2,1H3,(H3,11,12). The summed E-state index contributed by atoms with van der Waals surface area (Å²) >= 11 is 0. The van der Waals surface area contributed by atoms with Crippen molar-refractivity contribution in [2.75, 3.05) is 13.1 Å². The molecular weight excluding hydrogens is 162 g/mol. The van der Waals surface area contributed by atoms with Gasteiger partial charge in [-0.1, -0.05) is 13.3 Å². The smallest absolute Gasteiger partial charge is 0.0918 e. The predicted molar refractivity (Wildman–Crippen MR) is 56.0 cm³/mol. The van der Waals surface area contributed by atoms with Crippen LogP contribution in [0.2, 0.25) is 0 Å². The monoisotopic (exact) mass is 183 g/mol. The summed E-state index contributed by atoms with van der Waals surface area (Å²) in [5.74, 6) is 0.321. The van der Waals surface area contributed by atoms with Crippen molar-refractivity contribution in [3.8, 4) is 0 Å². The van der Waals surface area contributed by atoms with Crippen molar-refractivity contribution in [1.82, 2.24) is 4.90 Å². The van der Waals surface area contributed by atoms with Crippen LogP contribution in [0, 0.1) is 5.41 Å². The number of nitrogens with zero attached hydrogens (tertiary/aromatic N) is 1. The molecule has 3 heteroatoms. The van der Waals surface area contributed by atoms with Crippen LogP contribution in [0.15, 0.2) is 0 Å². The van der Waals surface area contributed by atoms with E-state index in [1.54, 1.807) is 0 Å². The number of hydrogen-bond donors (Lipinski definition) is 2. The number of amidine groups is 1. The Morgan fingerprint density at radius 1 is 1.46 bits per heavy atom. The SMILES string of the molecule is CCCCN(CCC(=N)N)C1CC1. The third-order valence-electron chi connectivity index (χ3n) is 2.53. The maximum absolute atomic E-state index is 7.18. The molecule has 0 atom stereocenters. The molecule has 1 rings (SSSR count). The van der Waals surface area contributed by atoms with Crippen molar-refractivity contribution < 1.29 is 0 Å². The summed E-state index contributed by atoms with van der Waals surface area (Å²) in [6, 6.07) is 0.811. The van der Waals surface area contributed by atoms with Crippen molar-refractivity contribution in [3.05, 3.63) is 0 Å². The van der Waals surface area contributed by atoms with Crippen LogP contribution >= 0.6 is 0 Å². The lowest BCUT2D eigenvalue weighted by atomic mass is 10.3. The number of rotatable bonds is 7. The number of unbranched alkanes of at least 4 members (excludes halogenated alkanes) is 1. The summed E-state index contributed by atoms with van der Waals surface area (Å²) in [5, 5.41) is 7.18. The van der Waals surface area contributed by atoms with Crippen LogP contribution in [0.5, 0.6) is 0 Å². The lowest BCUT2D eigenvalue weighted by Gasteiger charge is -2.21. The van der Waals surface area contributed by atoms with E-state index in [-0.39, 0.29) is 0 Å². The van der Waals surface area contributed by atoms with Gasteiger partial charge in [-0.3, -0.25) is 10.3 Å². The van der Waals surface area contributed by atoms with E-state index in [0.29, 0.717) is 5.84 Å². The van der Waals surface area contributed by atoms with Crippen molar-refractivity contribution in [3.63, 3.8) is 0 Å². The average molecular weight is 183 g/mol. The van der Waals surface area contributed by atoms with Crippen LogP contribution < -0.4 is 5.73 Å². The zero-order valence-electron chi connectivity index (χ0n) is 8.55. The molecule has 0 unspecified atom stereocenters. The minimum atomic E-state index is 0.321. The molecule has 0 saturated heterocycles. The van der Waals surface area contributed by atoms with E-state index in [1.807, 2.05) is 0 Å². The largest absolute Gasteiger partial charge is 0.388 e. The Bertz CT molecular complexity index is 164. The number of nitrogens with one attached hydrogen (secondary N) is 1. The van der Waals surface area contributed by atoms with Gasteiger partial charge in [-0.15, -0.1) is 0 Å². The van der Waals surface area contributed by atoms with Crippen molar-refractivity contribution in [2.24, 2.45) is 5.73 Å². The average Bonchev–Trinajstić information content (AvgIpc) is 2.87. The molecular formula is C10H21N3. The van der Waals surface area contributed by atoms with E-state index in [1.165, 1.54) is 32.2 Å². The Balaban J connectivity index is 2.17. The zero-order chi connectivity index (χ0) is 9.68. The molecule has 0 aromatic carbocycles. The van der Waals surface area contributed by atoms with E-state index in [0.717, 1.165) is 19.0 Å². The van der Waals surface area contributed by atoms with Gasteiger partial charge in [0.1, 0.15) is 0 Å². The topological polar surface area (TPSA) is 53.1 Å². The van der Waals surface area contributed by atoms with Gasteiger partial charge >= 0.3 is 0 Å². The molecule has 0 spiro atoms. The van der Waals surface area contributed by atoms with Crippen LogP contribution in [-0.4, -0.2) is 29.9 Å². The van der Waals surface area contributed by atoms with Gasteiger partial charge in [0.05, 0.1) is 5.84 Å². The van der Waals surface area contributed by atoms with Crippen molar-refractivity contribution >= 4 is 5.84 Å².